The lowest BCUT2D eigenvalue weighted by atomic mass is 9.98. The molecule has 2 aliphatic rings. The van der Waals surface area contributed by atoms with Gasteiger partial charge in [-0.05, 0) is 69.6 Å². The Bertz CT molecular complexity index is 3160. The van der Waals surface area contributed by atoms with E-state index in [4.69, 9.17) is 9.47 Å². The third kappa shape index (κ3) is 10.7. The summed E-state index contributed by atoms with van der Waals surface area (Å²) in [7, 11) is 1.74. The van der Waals surface area contributed by atoms with Crippen molar-refractivity contribution in [1.29, 1.82) is 0 Å². The van der Waals surface area contributed by atoms with Crippen molar-refractivity contribution < 1.29 is 33.0 Å². The minimum Gasteiger partial charge on any atom is -0.448 e. The number of hydrogen-bond donors (Lipinski definition) is 3. The number of piperazine rings is 1. The van der Waals surface area contributed by atoms with Gasteiger partial charge in [-0.3, -0.25) is 24.1 Å². The first-order chi connectivity index (χ1) is 35.1. The van der Waals surface area contributed by atoms with Gasteiger partial charge in [0.15, 0.2) is 5.69 Å². The molecule has 3 heterocycles. The van der Waals surface area contributed by atoms with E-state index in [1.165, 1.54) is 27.5 Å². The molecule has 0 saturated carbocycles. The maximum absolute atomic E-state index is 15.3. The van der Waals surface area contributed by atoms with Crippen molar-refractivity contribution >= 4 is 40.3 Å². The van der Waals surface area contributed by atoms with Gasteiger partial charge in [-0.2, -0.15) is 5.10 Å². The number of hydrogen-bond acceptors (Lipinski definition) is 10. The van der Waals surface area contributed by atoms with E-state index >= 15 is 4.39 Å². The van der Waals surface area contributed by atoms with Gasteiger partial charge < -0.3 is 29.9 Å². The number of halogens is 1. The van der Waals surface area contributed by atoms with E-state index < -0.39 is 17.8 Å². The molecule has 0 spiro atoms. The van der Waals surface area contributed by atoms with E-state index in [-0.39, 0.29) is 107 Å². The Hall–Kier alpha value is -8.24. The van der Waals surface area contributed by atoms with Gasteiger partial charge in [0.05, 0.1) is 35.5 Å². The van der Waals surface area contributed by atoms with Crippen molar-refractivity contribution in [3.05, 3.63) is 183 Å². The van der Waals surface area contributed by atoms with Gasteiger partial charge >= 0.3 is 6.09 Å². The highest BCUT2D eigenvalue weighted by Gasteiger charge is 2.32. The molecule has 0 unspecified atom stereocenters. The Balaban J connectivity index is 0.813. The summed E-state index contributed by atoms with van der Waals surface area (Å²) in [6.07, 6.45) is 2.15. The molecular weight excluding hydrogens is 916 g/mol. The van der Waals surface area contributed by atoms with Gasteiger partial charge in [0.1, 0.15) is 19.0 Å². The Kier molecular flexibility index (Phi) is 15.1. The number of fused-ring (bicyclic) bond motifs is 4. The van der Waals surface area contributed by atoms with Gasteiger partial charge in [0.25, 0.3) is 17.4 Å². The largest absolute Gasteiger partial charge is 0.448 e. The number of rotatable bonds is 17. The maximum atomic E-state index is 15.3. The molecule has 0 bridgehead atoms. The molecule has 72 heavy (non-hydrogen) atoms. The normalized spacial score (nSPS) is 13.1. The number of benzene rings is 5. The molecule has 1 aliphatic heterocycles. The minimum atomic E-state index is -0.688. The first-order valence-corrected chi connectivity index (χ1v) is 24.1. The van der Waals surface area contributed by atoms with Crippen LogP contribution in [-0.4, -0.2) is 126 Å². The highest BCUT2D eigenvalue weighted by atomic mass is 19.1. The smallest absolute Gasteiger partial charge is 0.410 e. The topological polar surface area (TPSA) is 179 Å². The molecule has 5 aromatic carbocycles. The number of aromatic nitrogens is 3. The Labute approximate surface area is 416 Å². The van der Waals surface area contributed by atoms with E-state index in [0.29, 0.717) is 27.7 Å². The van der Waals surface area contributed by atoms with E-state index in [9.17, 15) is 24.0 Å². The van der Waals surface area contributed by atoms with Gasteiger partial charge in [0, 0.05) is 75.8 Å². The fourth-order valence-electron chi connectivity index (χ4n) is 9.42. The van der Waals surface area contributed by atoms with Crippen molar-refractivity contribution in [3.8, 4) is 22.3 Å². The second kappa shape index (κ2) is 22.2. The first-order valence-electron chi connectivity index (χ1n) is 24.1. The molecule has 15 nitrogen and oxygen atoms in total. The third-order valence-corrected chi connectivity index (χ3v) is 13.3. The summed E-state index contributed by atoms with van der Waals surface area (Å²) in [6.45, 7) is 2.78. The average molecular weight is 971 g/mol. The fraction of sp³-hybridized carbons (Fsp3) is 0.268. The number of aromatic amines is 1. The van der Waals surface area contributed by atoms with Crippen LogP contribution in [0.15, 0.2) is 132 Å². The summed E-state index contributed by atoms with van der Waals surface area (Å²) in [5, 5.41) is 13.8. The van der Waals surface area contributed by atoms with E-state index in [0.717, 1.165) is 39.8 Å². The lowest BCUT2D eigenvalue weighted by molar-refractivity contribution is -0.133. The van der Waals surface area contributed by atoms with E-state index in [2.05, 4.69) is 57.0 Å². The van der Waals surface area contributed by atoms with Crippen LogP contribution in [0.1, 0.15) is 61.6 Å². The highest BCUT2D eigenvalue weighted by molar-refractivity contribution is 5.98. The number of carbonyl (C=O) groups is 4. The van der Waals surface area contributed by atoms with E-state index in [1.807, 2.05) is 60.7 Å². The van der Waals surface area contributed by atoms with Crippen LogP contribution in [0.3, 0.4) is 0 Å². The van der Waals surface area contributed by atoms with Crippen molar-refractivity contribution in [3.63, 3.8) is 0 Å². The van der Waals surface area contributed by atoms with Crippen LogP contribution >= 0.6 is 0 Å². The Morgan fingerprint density at radius 1 is 0.792 bits per heavy atom. The van der Waals surface area contributed by atoms with Crippen molar-refractivity contribution in [2.45, 2.75) is 25.7 Å². The zero-order chi connectivity index (χ0) is 50.1. The molecule has 7 aromatic rings. The molecule has 1 aliphatic carbocycles. The number of nitrogens with zero attached hydrogens (tertiary/aromatic N) is 5. The standard InChI is InChI=1S/C56H55FN8O7/c1-3-36-11-10-12-38(29-36)39-32-50(58-2)52(60-33-39)54(68)59-21-27-71-28-26-65(56(70)72-35-47-42-15-6-4-13-40(42)41-14-5-7-16-43(41)47)34-51(66)63-22-24-64(25-23-63)55(69)46-30-37(19-20-48(46)57)31-49-44-17-8-9-18-45(44)53(67)62-61-49/h4-20,29-30,32-33,47,58H,3,21-28,31,34-35H2,1-2H3,(H,59,68)(H,62,67). The zero-order valence-electron chi connectivity index (χ0n) is 40.2. The molecule has 3 N–H and O–H groups in total. The summed E-state index contributed by atoms with van der Waals surface area (Å²) in [5.41, 5.74) is 8.97. The molecule has 0 radical (unpaired) electrons. The third-order valence-electron chi connectivity index (χ3n) is 13.3. The molecule has 9 rings (SSSR count). The summed E-state index contributed by atoms with van der Waals surface area (Å²) < 4.78 is 27.2. The van der Waals surface area contributed by atoms with E-state index in [1.54, 1.807) is 42.4 Å². The van der Waals surface area contributed by atoms with Crippen molar-refractivity contribution in [1.82, 2.24) is 35.2 Å². The molecule has 1 saturated heterocycles. The summed E-state index contributed by atoms with van der Waals surface area (Å²) >= 11 is 0. The van der Waals surface area contributed by atoms with Crippen LogP contribution in [0.4, 0.5) is 14.9 Å². The predicted molar refractivity (Wildman–Crippen MR) is 272 cm³/mol. The highest BCUT2D eigenvalue weighted by Crippen LogP contribution is 2.44. The van der Waals surface area contributed by atoms with Crippen molar-refractivity contribution in [2.75, 3.05) is 78.0 Å². The van der Waals surface area contributed by atoms with Crippen molar-refractivity contribution in [2.24, 2.45) is 0 Å². The maximum Gasteiger partial charge on any atom is 0.410 e. The second-order valence-electron chi connectivity index (χ2n) is 17.7. The number of H-pyrrole nitrogens is 1. The molecule has 16 heteroatoms. The second-order valence-corrected chi connectivity index (χ2v) is 17.7. The molecular formula is C56H55FN8O7. The molecule has 0 atom stereocenters. The fourth-order valence-corrected chi connectivity index (χ4v) is 9.42. The molecule has 368 valence electrons. The molecule has 2 aromatic heterocycles. The monoisotopic (exact) mass is 970 g/mol. The molecule has 4 amide bonds. The van der Waals surface area contributed by atoms with Crippen LogP contribution in [0.25, 0.3) is 33.0 Å². The molecule has 1 fully saturated rings. The number of carbonyl (C=O) groups excluding carboxylic acids is 4. The van der Waals surface area contributed by atoms with Crippen LogP contribution in [0, 0.1) is 5.82 Å². The Morgan fingerprint density at radius 2 is 1.50 bits per heavy atom. The predicted octanol–water partition coefficient (Wildman–Crippen LogP) is 7.30. The van der Waals surface area contributed by atoms with Gasteiger partial charge in [-0.25, -0.2) is 19.3 Å². The Morgan fingerprint density at radius 3 is 2.24 bits per heavy atom. The zero-order valence-corrected chi connectivity index (χ0v) is 40.2. The SMILES string of the molecule is CCc1cccc(-c2cnc(C(=O)NCCOCCN(CC(=O)N3CCN(C(=O)c4cc(Cc5n[nH]c(=O)c6ccccc56)ccc4F)CC3)C(=O)OCC3c4ccccc4-c4ccccc43)c(NC)c2)c1. The lowest BCUT2D eigenvalue weighted by Gasteiger charge is -2.36. The van der Waals surface area contributed by atoms with Gasteiger partial charge in [-0.15, -0.1) is 0 Å². The number of ether oxygens (including phenoxy) is 2. The number of aryl methyl sites for hydroxylation is 1. The quantitative estimate of drug-likeness (QED) is 0.0785. The summed E-state index contributed by atoms with van der Waals surface area (Å²) in [4.78, 5) is 76.1. The van der Waals surface area contributed by atoms with Crippen LogP contribution in [-0.2, 0) is 27.1 Å². The van der Waals surface area contributed by atoms with Crippen LogP contribution in [0.5, 0.6) is 0 Å². The summed E-state index contributed by atoms with van der Waals surface area (Å²) in [5.74, 6) is -2.12. The first kappa shape index (κ1) is 48.8. The van der Waals surface area contributed by atoms with Crippen LogP contribution < -0.4 is 16.2 Å². The summed E-state index contributed by atoms with van der Waals surface area (Å²) in [6, 6.07) is 37.5. The number of pyridine rings is 1. The van der Waals surface area contributed by atoms with Crippen LogP contribution in [0.2, 0.25) is 0 Å². The minimum absolute atomic E-state index is 0.0148. The number of amides is 4. The lowest BCUT2D eigenvalue weighted by Crippen LogP contribution is -2.53. The number of anilines is 1. The van der Waals surface area contributed by atoms with Gasteiger partial charge in [-0.1, -0.05) is 104 Å². The number of nitrogens with one attached hydrogen (secondary N) is 3. The average Bonchev–Trinajstić information content (AvgIpc) is 3.74. The van der Waals surface area contributed by atoms with Gasteiger partial charge in [0.2, 0.25) is 5.91 Å².